The van der Waals surface area contributed by atoms with Crippen molar-refractivity contribution in [3.63, 3.8) is 0 Å². The summed E-state index contributed by atoms with van der Waals surface area (Å²) in [7, 11) is 1.66. The quantitative estimate of drug-likeness (QED) is 0.502. The van der Waals surface area contributed by atoms with Gasteiger partial charge in [0.05, 0.1) is 7.11 Å². The second-order valence-electron chi connectivity index (χ2n) is 1.73. The SMILES string of the molecule is COc1ccc([SH2+])cc1.[Br-]. The number of benzene rings is 1. The van der Waals surface area contributed by atoms with Crippen molar-refractivity contribution in [2.24, 2.45) is 0 Å². The van der Waals surface area contributed by atoms with Gasteiger partial charge in [-0.2, -0.15) is 0 Å². The highest BCUT2D eigenvalue weighted by Gasteiger charge is 1.90. The average molecular weight is 221 g/mol. The van der Waals surface area contributed by atoms with Crippen LogP contribution in [0.2, 0.25) is 0 Å². The molecule has 0 fully saturated rings. The molecule has 0 unspecified atom stereocenters. The fraction of sp³-hybridized carbons (Fsp3) is 0.143. The molecular formula is C7H9BrOS. The van der Waals surface area contributed by atoms with Gasteiger partial charge in [-0.15, -0.1) is 0 Å². The minimum Gasteiger partial charge on any atom is -1.00 e. The van der Waals surface area contributed by atoms with Crippen LogP contribution in [-0.2, 0) is 12.6 Å². The predicted molar refractivity (Wildman–Crippen MR) is 41.4 cm³/mol. The highest BCUT2D eigenvalue weighted by Crippen LogP contribution is 2.09. The second-order valence-corrected chi connectivity index (χ2v) is 2.31. The van der Waals surface area contributed by atoms with Crippen molar-refractivity contribution in [3.05, 3.63) is 24.3 Å². The van der Waals surface area contributed by atoms with Gasteiger partial charge >= 0.3 is 0 Å². The zero-order valence-corrected chi connectivity index (χ0v) is 8.18. The zero-order valence-electron chi connectivity index (χ0n) is 5.60. The van der Waals surface area contributed by atoms with E-state index in [0.717, 1.165) is 10.6 Å². The molecule has 0 heterocycles. The van der Waals surface area contributed by atoms with Crippen LogP contribution in [-0.4, -0.2) is 7.11 Å². The van der Waals surface area contributed by atoms with E-state index >= 15 is 0 Å². The van der Waals surface area contributed by atoms with E-state index in [9.17, 15) is 0 Å². The summed E-state index contributed by atoms with van der Waals surface area (Å²) in [5.41, 5.74) is 0. The number of rotatable bonds is 1. The van der Waals surface area contributed by atoms with Crippen molar-refractivity contribution in [3.8, 4) is 5.75 Å². The van der Waals surface area contributed by atoms with Crippen LogP contribution in [0.25, 0.3) is 0 Å². The number of methoxy groups -OCH3 is 1. The molecule has 0 saturated heterocycles. The lowest BCUT2D eigenvalue weighted by Gasteiger charge is -1.94. The van der Waals surface area contributed by atoms with Crippen LogP contribution in [0.1, 0.15) is 0 Å². The Bertz CT molecular complexity index is 185. The maximum atomic E-state index is 4.95. The first-order valence-corrected chi connectivity index (χ1v) is 3.18. The summed E-state index contributed by atoms with van der Waals surface area (Å²) < 4.78 is 4.95. The molecule has 1 aromatic carbocycles. The third kappa shape index (κ3) is 2.62. The number of hydrogen-bond donors (Lipinski definition) is 0. The summed E-state index contributed by atoms with van der Waals surface area (Å²) in [6.45, 7) is 0. The standard InChI is InChI=1S/C7H8OS.BrH/c1-8-6-2-4-7(9)5-3-6;/h2-5,9H,1H3;1H. The summed E-state index contributed by atoms with van der Waals surface area (Å²) in [5, 5.41) is 0. The topological polar surface area (TPSA) is 9.23 Å². The van der Waals surface area contributed by atoms with Gasteiger partial charge in [-0.05, 0) is 36.9 Å². The fourth-order valence-electron chi connectivity index (χ4n) is 0.591. The molecule has 0 atom stereocenters. The molecule has 56 valence electrons. The molecule has 3 heteroatoms. The van der Waals surface area contributed by atoms with E-state index < -0.39 is 0 Å². The van der Waals surface area contributed by atoms with E-state index in [1.165, 1.54) is 0 Å². The lowest BCUT2D eigenvalue weighted by molar-refractivity contribution is -0.00000207. The molecular weight excluding hydrogens is 212 g/mol. The molecule has 0 saturated carbocycles. The van der Waals surface area contributed by atoms with Crippen LogP contribution in [0.3, 0.4) is 0 Å². The first-order chi connectivity index (χ1) is 4.33. The van der Waals surface area contributed by atoms with Gasteiger partial charge in [0.1, 0.15) is 5.75 Å². The lowest BCUT2D eigenvalue weighted by Crippen LogP contribution is -3.00. The average Bonchev–Trinajstić information content (AvgIpc) is 1.90. The second kappa shape index (κ2) is 4.63. The molecule has 0 spiro atoms. The van der Waals surface area contributed by atoms with E-state index in [1.54, 1.807) is 7.11 Å². The molecule has 1 nitrogen and oxygen atoms in total. The third-order valence-corrected chi connectivity index (χ3v) is 1.42. The predicted octanol–water partition coefficient (Wildman–Crippen LogP) is -1.93. The van der Waals surface area contributed by atoms with Crippen molar-refractivity contribution < 1.29 is 21.7 Å². The maximum absolute atomic E-state index is 4.95. The molecule has 10 heavy (non-hydrogen) atoms. The number of halogens is 1. The fourth-order valence-corrected chi connectivity index (χ4v) is 0.758. The molecule has 0 aromatic heterocycles. The number of ether oxygens (including phenoxy) is 1. The van der Waals surface area contributed by atoms with Crippen LogP contribution in [0, 0.1) is 0 Å². The van der Waals surface area contributed by atoms with Gasteiger partial charge in [-0.25, -0.2) is 0 Å². The monoisotopic (exact) mass is 220 g/mol. The van der Waals surface area contributed by atoms with Crippen molar-refractivity contribution in [2.75, 3.05) is 7.11 Å². The van der Waals surface area contributed by atoms with E-state index in [1.807, 2.05) is 24.3 Å². The molecule has 0 bridgehead atoms. The molecule has 0 aliphatic rings. The number of hydrogen-bond acceptors (Lipinski definition) is 1. The molecule has 0 aliphatic heterocycles. The Balaban J connectivity index is 0.000000810. The summed E-state index contributed by atoms with van der Waals surface area (Å²) in [5.74, 6) is 0.886. The minimum absolute atomic E-state index is 0. The van der Waals surface area contributed by atoms with Gasteiger partial charge in [0.15, 0.2) is 4.90 Å². The minimum atomic E-state index is 0. The van der Waals surface area contributed by atoms with Gasteiger partial charge in [-0.1, -0.05) is 0 Å². The van der Waals surface area contributed by atoms with Gasteiger partial charge in [0.25, 0.3) is 0 Å². The first kappa shape index (κ1) is 9.85. The van der Waals surface area contributed by atoms with Crippen molar-refractivity contribution in [2.45, 2.75) is 4.90 Å². The van der Waals surface area contributed by atoms with Crippen molar-refractivity contribution in [1.29, 1.82) is 0 Å². The van der Waals surface area contributed by atoms with Gasteiger partial charge < -0.3 is 21.7 Å². The highest BCUT2D eigenvalue weighted by molar-refractivity contribution is 7.58. The Kier molecular flexibility index (Phi) is 4.56. The molecule has 1 rings (SSSR count). The van der Waals surface area contributed by atoms with Gasteiger partial charge in [-0.3, -0.25) is 0 Å². The Labute approximate surface area is 76.6 Å². The summed E-state index contributed by atoms with van der Waals surface area (Å²) >= 11 is 3.37. The Morgan fingerprint density at radius 1 is 1.20 bits per heavy atom. The first-order valence-electron chi connectivity index (χ1n) is 2.68. The van der Waals surface area contributed by atoms with Crippen LogP contribution >= 0.6 is 0 Å². The highest BCUT2D eigenvalue weighted by atomic mass is 79.9. The van der Waals surface area contributed by atoms with E-state index in [2.05, 4.69) is 12.6 Å². The van der Waals surface area contributed by atoms with Crippen LogP contribution in [0.4, 0.5) is 0 Å². The molecule has 0 amide bonds. The van der Waals surface area contributed by atoms with Gasteiger partial charge in [0.2, 0.25) is 0 Å². The maximum Gasteiger partial charge on any atom is 0.150 e. The Morgan fingerprint density at radius 2 is 1.70 bits per heavy atom. The summed E-state index contributed by atoms with van der Waals surface area (Å²) in [4.78, 5) is 1.07. The van der Waals surface area contributed by atoms with Gasteiger partial charge in [0, 0.05) is 0 Å². The molecule has 0 radical (unpaired) electrons. The van der Waals surface area contributed by atoms with Crippen molar-refractivity contribution >= 4 is 12.6 Å². The van der Waals surface area contributed by atoms with E-state index in [0.29, 0.717) is 0 Å². The van der Waals surface area contributed by atoms with Crippen LogP contribution < -0.4 is 21.7 Å². The smallest absolute Gasteiger partial charge is 0.150 e. The zero-order chi connectivity index (χ0) is 6.69. The summed E-state index contributed by atoms with van der Waals surface area (Å²) in [6.07, 6.45) is 0. The summed E-state index contributed by atoms with van der Waals surface area (Å²) in [6, 6.07) is 7.69. The van der Waals surface area contributed by atoms with E-state index in [-0.39, 0.29) is 17.0 Å². The third-order valence-electron chi connectivity index (χ3n) is 1.09. The molecule has 0 N–H and O–H groups in total. The van der Waals surface area contributed by atoms with Crippen LogP contribution in [0.5, 0.6) is 5.75 Å². The van der Waals surface area contributed by atoms with Crippen molar-refractivity contribution in [1.82, 2.24) is 0 Å². The van der Waals surface area contributed by atoms with Crippen LogP contribution in [0.15, 0.2) is 29.2 Å². The lowest BCUT2D eigenvalue weighted by atomic mass is 10.3. The molecule has 0 aliphatic carbocycles. The largest absolute Gasteiger partial charge is 1.00 e. The Hall–Kier alpha value is -0.150. The molecule has 1 aromatic rings. The normalized spacial score (nSPS) is 8.20. The Morgan fingerprint density at radius 3 is 2.10 bits per heavy atom. The van der Waals surface area contributed by atoms with E-state index in [4.69, 9.17) is 4.74 Å².